The molecule has 7 heteroatoms. The molecule has 7 nitrogen and oxygen atoms in total. The minimum atomic E-state index is 0.100. The Bertz CT molecular complexity index is 449. The van der Waals surface area contributed by atoms with Gasteiger partial charge in [0.2, 0.25) is 11.7 Å². The first-order chi connectivity index (χ1) is 8.20. The van der Waals surface area contributed by atoms with Crippen molar-refractivity contribution < 1.29 is 4.52 Å². The quantitative estimate of drug-likeness (QED) is 0.800. The Morgan fingerprint density at radius 3 is 2.88 bits per heavy atom. The summed E-state index contributed by atoms with van der Waals surface area (Å²) in [5, 5.41) is 14.0. The van der Waals surface area contributed by atoms with Crippen molar-refractivity contribution in [1.82, 2.24) is 25.6 Å². The van der Waals surface area contributed by atoms with Crippen LogP contribution in [0.15, 0.2) is 10.7 Å². The molecule has 2 aromatic heterocycles. The predicted octanol–water partition coefficient (Wildman–Crippen LogP) is 0.943. The van der Waals surface area contributed by atoms with Gasteiger partial charge in [0.1, 0.15) is 0 Å². The lowest BCUT2D eigenvalue weighted by Crippen LogP contribution is -2.15. The van der Waals surface area contributed by atoms with Crippen molar-refractivity contribution >= 4 is 0 Å². The summed E-state index contributed by atoms with van der Waals surface area (Å²) in [6, 6.07) is 0. The van der Waals surface area contributed by atoms with Crippen LogP contribution in [0.25, 0.3) is 11.5 Å². The fraction of sp³-hybridized carbons (Fsp3) is 0.600. The van der Waals surface area contributed by atoms with Crippen LogP contribution < -0.4 is 5.73 Å². The number of hydrogen-bond acceptors (Lipinski definition) is 6. The highest BCUT2D eigenvalue weighted by atomic mass is 16.5. The number of nitrogens with one attached hydrogen (secondary N) is 1. The molecular weight excluding hydrogens is 220 g/mol. The summed E-state index contributed by atoms with van der Waals surface area (Å²) in [6.07, 6.45) is 2.48. The molecule has 0 saturated heterocycles. The SMILES string of the molecule is CC(C)CC(CN)c1nc(-c2cn[nH]n2)no1. The predicted molar refractivity (Wildman–Crippen MR) is 60.9 cm³/mol. The first-order valence-corrected chi connectivity index (χ1v) is 5.60. The second-order valence-electron chi connectivity index (χ2n) is 4.37. The van der Waals surface area contributed by atoms with Gasteiger partial charge < -0.3 is 10.3 Å². The molecule has 1 unspecified atom stereocenters. The Hall–Kier alpha value is -1.76. The van der Waals surface area contributed by atoms with Gasteiger partial charge in [-0.3, -0.25) is 0 Å². The zero-order valence-electron chi connectivity index (χ0n) is 9.92. The topological polar surface area (TPSA) is 107 Å². The number of H-pyrrole nitrogens is 1. The maximum Gasteiger partial charge on any atom is 0.231 e. The van der Waals surface area contributed by atoms with E-state index in [1.54, 1.807) is 6.20 Å². The lowest BCUT2D eigenvalue weighted by Gasteiger charge is -2.11. The van der Waals surface area contributed by atoms with E-state index in [0.29, 0.717) is 29.9 Å². The Morgan fingerprint density at radius 1 is 1.47 bits per heavy atom. The molecule has 1 atom stereocenters. The Balaban J connectivity index is 2.16. The van der Waals surface area contributed by atoms with Gasteiger partial charge in [0.25, 0.3) is 0 Å². The summed E-state index contributed by atoms with van der Waals surface area (Å²) in [5.74, 6) is 1.64. The van der Waals surface area contributed by atoms with Gasteiger partial charge in [0.05, 0.1) is 12.1 Å². The maximum atomic E-state index is 5.72. The summed E-state index contributed by atoms with van der Waals surface area (Å²) in [7, 11) is 0. The summed E-state index contributed by atoms with van der Waals surface area (Å²) < 4.78 is 5.22. The normalized spacial score (nSPS) is 13.2. The zero-order valence-corrected chi connectivity index (χ0v) is 9.92. The van der Waals surface area contributed by atoms with Crippen LogP contribution >= 0.6 is 0 Å². The first kappa shape index (κ1) is 11.7. The van der Waals surface area contributed by atoms with Gasteiger partial charge in [-0.05, 0) is 12.3 Å². The van der Waals surface area contributed by atoms with Crippen LogP contribution in [0, 0.1) is 5.92 Å². The summed E-state index contributed by atoms with van der Waals surface area (Å²) in [6.45, 7) is 4.77. The van der Waals surface area contributed by atoms with E-state index < -0.39 is 0 Å². The van der Waals surface area contributed by atoms with Gasteiger partial charge in [0.15, 0.2) is 5.69 Å². The fourth-order valence-electron chi connectivity index (χ4n) is 1.68. The molecule has 0 saturated carbocycles. The van der Waals surface area contributed by atoms with Gasteiger partial charge in [-0.1, -0.05) is 19.0 Å². The number of aromatic amines is 1. The maximum absolute atomic E-state index is 5.72. The molecule has 0 aromatic carbocycles. The van der Waals surface area contributed by atoms with Crippen molar-refractivity contribution in [3.8, 4) is 11.5 Å². The average molecular weight is 236 g/mol. The summed E-state index contributed by atoms with van der Waals surface area (Å²) >= 11 is 0. The Morgan fingerprint density at radius 2 is 2.29 bits per heavy atom. The highest BCUT2D eigenvalue weighted by Gasteiger charge is 2.20. The van der Waals surface area contributed by atoms with E-state index in [1.165, 1.54) is 0 Å². The number of rotatable bonds is 5. The van der Waals surface area contributed by atoms with E-state index in [2.05, 4.69) is 39.4 Å². The van der Waals surface area contributed by atoms with E-state index >= 15 is 0 Å². The van der Waals surface area contributed by atoms with Gasteiger partial charge in [-0.15, -0.1) is 0 Å². The van der Waals surface area contributed by atoms with Crippen LogP contribution in [0.3, 0.4) is 0 Å². The molecular formula is C10H16N6O. The molecule has 0 aliphatic carbocycles. The fourth-order valence-corrected chi connectivity index (χ4v) is 1.68. The smallest absolute Gasteiger partial charge is 0.231 e. The highest BCUT2D eigenvalue weighted by Crippen LogP contribution is 2.23. The molecule has 0 amide bonds. The van der Waals surface area contributed by atoms with Crippen molar-refractivity contribution in [2.45, 2.75) is 26.2 Å². The summed E-state index contributed by atoms with van der Waals surface area (Å²) in [5.41, 5.74) is 6.29. The van der Waals surface area contributed by atoms with E-state index in [4.69, 9.17) is 10.3 Å². The molecule has 0 aliphatic rings. The molecule has 0 bridgehead atoms. The van der Waals surface area contributed by atoms with Crippen LogP contribution in [-0.2, 0) is 0 Å². The molecule has 0 radical (unpaired) electrons. The molecule has 17 heavy (non-hydrogen) atoms. The third-order valence-electron chi connectivity index (χ3n) is 2.48. The van der Waals surface area contributed by atoms with Crippen molar-refractivity contribution in [3.05, 3.63) is 12.1 Å². The molecule has 2 aromatic rings. The van der Waals surface area contributed by atoms with E-state index in [-0.39, 0.29) is 5.92 Å². The van der Waals surface area contributed by atoms with E-state index in [1.807, 2.05) is 0 Å². The Kier molecular flexibility index (Phi) is 3.48. The number of hydrogen-bond donors (Lipinski definition) is 2. The zero-order chi connectivity index (χ0) is 12.3. The monoisotopic (exact) mass is 236 g/mol. The molecule has 3 N–H and O–H groups in total. The molecule has 2 heterocycles. The standard InChI is InChI=1S/C10H16N6O/c1-6(2)3-7(4-11)10-13-9(15-17-10)8-5-12-16-14-8/h5-7H,3-4,11H2,1-2H3,(H,12,14,16). The van der Waals surface area contributed by atoms with Gasteiger partial charge in [0, 0.05) is 6.54 Å². The largest absolute Gasteiger partial charge is 0.339 e. The van der Waals surface area contributed by atoms with E-state index in [9.17, 15) is 0 Å². The third-order valence-corrected chi connectivity index (χ3v) is 2.48. The van der Waals surface area contributed by atoms with Crippen LogP contribution in [0.1, 0.15) is 32.1 Å². The minimum Gasteiger partial charge on any atom is -0.339 e. The van der Waals surface area contributed by atoms with Gasteiger partial charge in [-0.25, -0.2) is 0 Å². The van der Waals surface area contributed by atoms with Gasteiger partial charge >= 0.3 is 0 Å². The van der Waals surface area contributed by atoms with Crippen molar-refractivity contribution in [2.75, 3.05) is 6.54 Å². The van der Waals surface area contributed by atoms with Crippen LogP contribution in [0.5, 0.6) is 0 Å². The van der Waals surface area contributed by atoms with Crippen LogP contribution in [-0.4, -0.2) is 32.1 Å². The summed E-state index contributed by atoms with van der Waals surface area (Å²) in [4.78, 5) is 4.30. The second kappa shape index (κ2) is 5.05. The molecule has 92 valence electrons. The Labute approximate surface area is 98.8 Å². The lowest BCUT2D eigenvalue weighted by molar-refractivity contribution is 0.334. The third kappa shape index (κ3) is 2.68. The highest BCUT2D eigenvalue weighted by molar-refractivity contribution is 5.44. The first-order valence-electron chi connectivity index (χ1n) is 5.60. The minimum absolute atomic E-state index is 0.100. The lowest BCUT2D eigenvalue weighted by atomic mass is 9.97. The molecule has 0 aliphatic heterocycles. The van der Waals surface area contributed by atoms with Crippen molar-refractivity contribution in [1.29, 1.82) is 0 Å². The van der Waals surface area contributed by atoms with Crippen molar-refractivity contribution in [2.24, 2.45) is 11.7 Å². The average Bonchev–Trinajstić information content (AvgIpc) is 2.95. The van der Waals surface area contributed by atoms with Crippen LogP contribution in [0.4, 0.5) is 0 Å². The second-order valence-corrected chi connectivity index (χ2v) is 4.37. The van der Waals surface area contributed by atoms with Crippen LogP contribution in [0.2, 0.25) is 0 Å². The van der Waals surface area contributed by atoms with Gasteiger partial charge in [-0.2, -0.15) is 20.4 Å². The molecule has 0 spiro atoms. The number of aromatic nitrogens is 5. The van der Waals surface area contributed by atoms with Crippen molar-refractivity contribution in [3.63, 3.8) is 0 Å². The number of nitrogens with two attached hydrogens (primary N) is 1. The molecule has 0 fully saturated rings. The molecule has 2 rings (SSSR count). The number of nitrogens with zero attached hydrogens (tertiary/aromatic N) is 4. The van der Waals surface area contributed by atoms with E-state index in [0.717, 1.165) is 6.42 Å².